The molecule has 28 heavy (non-hydrogen) atoms. The molecule has 1 atom stereocenters. The molecule has 1 aromatic carbocycles. The molecule has 5 nitrogen and oxygen atoms in total. The fourth-order valence-corrected chi connectivity index (χ4v) is 5.32. The maximum atomic E-state index is 13.0. The molecule has 2 aliphatic rings. The molecule has 2 N–H and O–H groups in total. The van der Waals surface area contributed by atoms with Gasteiger partial charge in [0.15, 0.2) is 0 Å². The Morgan fingerprint density at radius 1 is 1.07 bits per heavy atom. The van der Waals surface area contributed by atoms with Gasteiger partial charge >= 0.3 is 0 Å². The van der Waals surface area contributed by atoms with Gasteiger partial charge in [0.25, 0.3) is 0 Å². The maximum Gasteiger partial charge on any atom is 0.222 e. The molecule has 0 aliphatic carbocycles. The zero-order valence-electron chi connectivity index (χ0n) is 17.9. The molecule has 1 amide bonds. The quantitative estimate of drug-likeness (QED) is 0.834. The molecule has 3 rings (SSSR count). The summed E-state index contributed by atoms with van der Waals surface area (Å²) in [7, 11) is 0. The van der Waals surface area contributed by atoms with Crippen LogP contribution >= 0.6 is 0 Å². The molecule has 156 valence electrons. The number of nitrogens with one attached hydrogen (secondary N) is 1. The average Bonchev–Trinajstić information content (AvgIpc) is 2.74. The summed E-state index contributed by atoms with van der Waals surface area (Å²) in [6.45, 7) is 12.3. The van der Waals surface area contributed by atoms with E-state index in [1.807, 2.05) is 23.1 Å². The summed E-state index contributed by atoms with van der Waals surface area (Å²) in [6, 6.07) is 10.3. The van der Waals surface area contributed by atoms with Gasteiger partial charge in [0.05, 0.1) is 6.10 Å². The fourth-order valence-electron chi connectivity index (χ4n) is 5.32. The highest BCUT2D eigenvalue weighted by Gasteiger charge is 2.39. The van der Waals surface area contributed by atoms with Crippen molar-refractivity contribution in [1.29, 1.82) is 0 Å². The van der Waals surface area contributed by atoms with E-state index in [2.05, 4.69) is 50.0 Å². The van der Waals surface area contributed by atoms with Gasteiger partial charge in [-0.2, -0.15) is 0 Å². The summed E-state index contributed by atoms with van der Waals surface area (Å²) in [6.07, 6.45) is 2.12. The van der Waals surface area contributed by atoms with Crippen LogP contribution < -0.4 is 5.32 Å². The summed E-state index contributed by atoms with van der Waals surface area (Å²) >= 11 is 0. The molecule has 2 aliphatic heterocycles. The highest BCUT2D eigenvalue weighted by molar-refractivity contribution is 5.76. The molecule has 0 saturated carbocycles. The van der Waals surface area contributed by atoms with Gasteiger partial charge in [-0.1, -0.05) is 30.3 Å². The summed E-state index contributed by atoms with van der Waals surface area (Å²) in [5.41, 5.74) is 1.35. The molecule has 0 aromatic heterocycles. The van der Waals surface area contributed by atoms with Gasteiger partial charge in [0.2, 0.25) is 5.91 Å². The second kappa shape index (κ2) is 8.52. The smallest absolute Gasteiger partial charge is 0.222 e. The van der Waals surface area contributed by atoms with E-state index in [1.54, 1.807) is 0 Å². The van der Waals surface area contributed by atoms with Crippen LogP contribution in [0.5, 0.6) is 0 Å². The molecular weight excluding hydrogens is 350 g/mol. The molecule has 0 radical (unpaired) electrons. The second-order valence-electron chi connectivity index (χ2n) is 10.1. The van der Waals surface area contributed by atoms with Gasteiger partial charge in [-0.25, -0.2) is 0 Å². The SMILES string of the molecule is CC1(C)CC(CC(=O)N2CCN(Cc3ccccc3)C[C@H](O)C2)CC(C)(C)N1. The molecule has 0 bridgehead atoms. The molecule has 0 unspecified atom stereocenters. The first-order chi connectivity index (χ1) is 13.1. The van der Waals surface area contributed by atoms with Crippen molar-refractivity contribution in [3.05, 3.63) is 35.9 Å². The van der Waals surface area contributed by atoms with E-state index in [0.29, 0.717) is 32.0 Å². The summed E-state index contributed by atoms with van der Waals surface area (Å²) < 4.78 is 0. The molecule has 5 heteroatoms. The van der Waals surface area contributed by atoms with E-state index < -0.39 is 6.10 Å². The van der Waals surface area contributed by atoms with Crippen molar-refractivity contribution in [2.75, 3.05) is 26.2 Å². The van der Waals surface area contributed by atoms with Gasteiger partial charge in [-0.15, -0.1) is 0 Å². The van der Waals surface area contributed by atoms with Crippen LogP contribution in [0.15, 0.2) is 30.3 Å². The number of β-amino-alcohol motifs (C(OH)–C–C–N with tert-alkyl or cyclic N) is 1. The Hall–Kier alpha value is -1.43. The third-order valence-electron chi connectivity index (χ3n) is 5.93. The van der Waals surface area contributed by atoms with E-state index in [1.165, 1.54) is 5.56 Å². The number of carbonyl (C=O) groups excluding carboxylic acids is 1. The first kappa shape index (κ1) is 21.3. The van der Waals surface area contributed by atoms with Crippen molar-refractivity contribution in [2.45, 2.75) is 70.7 Å². The van der Waals surface area contributed by atoms with Crippen LogP contribution in [0, 0.1) is 5.92 Å². The van der Waals surface area contributed by atoms with Crippen molar-refractivity contribution >= 4 is 5.91 Å². The molecule has 1 aromatic rings. The van der Waals surface area contributed by atoms with E-state index in [-0.39, 0.29) is 17.0 Å². The number of piperidine rings is 1. The topological polar surface area (TPSA) is 55.8 Å². The molecule has 2 heterocycles. The Morgan fingerprint density at radius 2 is 1.71 bits per heavy atom. The Balaban J connectivity index is 1.57. The van der Waals surface area contributed by atoms with Crippen molar-refractivity contribution in [1.82, 2.24) is 15.1 Å². The van der Waals surface area contributed by atoms with Crippen LogP contribution in [0.25, 0.3) is 0 Å². The number of benzene rings is 1. The lowest BCUT2D eigenvalue weighted by Crippen LogP contribution is -2.58. The van der Waals surface area contributed by atoms with Gasteiger partial charge in [0, 0.05) is 50.2 Å². The number of hydrogen-bond acceptors (Lipinski definition) is 4. The second-order valence-corrected chi connectivity index (χ2v) is 10.1. The lowest BCUT2D eigenvalue weighted by molar-refractivity contribution is -0.133. The van der Waals surface area contributed by atoms with Crippen molar-refractivity contribution in [2.24, 2.45) is 5.92 Å². The fraction of sp³-hybridized carbons (Fsp3) is 0.696. The number of amides is 1. The van der Waals surface area contributed by atoms with Crippen LogP contribution in [0.1, 0.15) is 52.5 Å². The Bertz CT molecular complexity index is 643. The third-order valence-corrected chi connectivity index (χ3v) is 5.93. The van der Waals surface area contributed by atoms with Crippen molar-refractivity contribution < 1.29 is 9.90 Å². The number of hydrogen-bond donors (Lipinski definition) is 2. The van der Waals surface area contributed by atoms with Crippen LogP contribution in [0.4, 0.5) is 0 Å². The first-order valence-corrected chi connectivity index (χ1v) is 10.6. The van der Waals surface area contributed by atoms with Crippen LogP contribution in [-0.2, 0) is 11.3 Å². The van der Waals surface area contributed by atoms with E-state index in [4.69, 9.17) is 0 Å². The minimum atomic E-state index is -0.490. The first-order valence-electron chi connectivity index (χ1n) is 10.6. The average molecular weight is 388 g/mol. The Morgan fingerprint density at radius 3 is 2.36 bits per heavy atom. The monoisotopic (exact) mass is 387 g/mol. The predicted molar refractivity (Wildman–Crippen MR) is 113 cm³/mol. The molecule has 2 saturated heterocycles. The Kier molecular flexibility index (Phi) is 6.47. The number of nitrogens with zero attached hydrogens (tertiary/aromatic N) is 2. The zero-order chi connectivity index (χ0) is 20.4. The lowest BCUT2D eigenvalue weighted by Gasteiger charge is -2.46. The lowest BCUT2D eigenvalue weighted by atomic mass is 9.74. The molecular formula is C23H37N3O2. The van der Waals surface area contributed by atoms with Gasteiger partial charge in [-0.3, -0.25) is 9.69 Å². The summed E-state index contributed by atoms with van der Waals surface area (Å²) in [5.74, 6) is 0.582. The number of aliphatic hydroxyl groups is 1. The number of rotatable bonds is 4. The van der Waals surface area contributed by atoms with E-state index in [9.17, 15) is 9.90 Å². The van der Waals surface area contributed by atoms with Crippen LogP contribution in [0.3, 0.4) is 0 Å². The highest BCUT2D eigenvalue weighted by Crippen LogP contribution is 2.35. The standard InChI is InChI=1S/C23H37N3O2/c1-22(2)13-19(14-23(3,4)24-22)12-21(28)26-11-10-25(16-20(27)17-26)15-18-8-6-5-7-9-18/h5-9,19-20,24,27H,10-17H2,1-4H3/t20-/m0/s1. The normalized spacial score (nSPS) is 26.0. The van der Waals surface area contributed by atoms with E-state index >= 15 is 0 Å². The van der Waals surface area contributed by atoms with Crippen LogP contribution in [-0.4, -0.2) is 64.2 Å². The maximum absolute atomic E-state index is 13.0. The van der Waals surface area contributed by atoms with Crippen LogP contribution in [0.2, 0.25) is 0 Å². The Labute approximate surface area is 170 Å². The number of carbonyl (C=O) groups is 1. The molecule has 2 fully saturated rings. The van der Waals surface area contributed by atoms with E-state index in [0.717, 1.165) is 25.9 Å². The summed E-state index contributed by atoms with van der Waals surface area (Å²) in [5, 5.41) is 14.2. The summed E-state index contributed by atoms with van der Waals surface area (Å²) in [4.78, 5) is 17.2. The van der Waals surface area contributed by atoms with Gasteiger partial charge < -0.3 is 15.3 Å². The van der Waals surface area contributed by atoms with Gasteiger partial charge in [-0.05, 0) is 52.0 Å². The predicted octanol–water partition coefficient (Wildman–Crippen LogP) is 2.64. The largest absolute Gasteiger partial charge is 0.390 e. The minimum absolute atomic E-state index is 0.0531. The highest BCUT2D eigenvalue weighted by atomic mass is 16.3. The minimum Gasteiger partial charge on any atom is -0.390 e. The number of aliphatic hydroxyl groups excluding tert-OH is 1. The van der Waals surface area contributed by atoms with Crippen molar-refractivity contribution in [3.63, 3.8) is 0 Å². The third kappa shape index (κ3) is 6.03. The molecule has 0 spiro atoms. The zero-order valence-corrected chi connectivity index (χ0v) is 17.9. The van der Waals surface area contributed by atoms with Gasteiger partial charge in [0.1, 0.15) is 0 Å². The van der Waals surface area contributed by atoms with Crippen molar-refractivity contribution in [3.8, 4) is 0 Å².